The van der Waals surface area contributed by atoms with Crippen molar-refractivity contribution in [2.24, 2.45) is 0 Å². The van der Waals surface area contributed by atoms with E-state index in [2.05, 4.69) is 275 Å². The summed E-state index contributed by atoms with van der Waals surface area (Å²) in [4.78, 5) is 0. The summed E-state index contributed by atoms with van der Waals surface area (Å²) in [6, 6.07) is 76.0. The van der Waals surface area contributed by atoms with Gasteiger partial charge in [0.25, 0.3) is 20.1 Å². The molecule has 9 nitrogen and oxygen atoms in total. The lowest BCUT2D eigenvalue weighted by molar-refractivity contribution is 0.448. The molecule has 16 aromatic rings. The molecular formula is C86H58B3N3O6. The monoisotopic (exact) mass is 1260 g/mol. The highest BCUT2D eigenvalue weighted by Gasteiger charge is 2.48. The molecule has 22 rings (SSSR count). The van der Waals surface area contributed by atoms with Crippen LogP contribution in [-0.2, 0) is 0 Å². The van der Waals surface area contributed by atoms with E-state index in [9.17, 15) is 0 Å². The van der Waals surface area contributed by atoms with Crippen LogP contribution in [0.25, 0.3) is 82.5 Å². The number of aryl methyl sites for hydroxylation is 8. The number of hydrogen-bond acceptors (Lipinski definition) is 6. The predicted octanol–water partition coefficient (Wildman–Crippen LogP) is 15.6. The summed E-state index contributed by atoms with van der Waals surface area (Å²) in [5, 5.41) is 7.22. The number of benzene rings is 13. The quantitative estimate of drug-likeness (QED) is 0.164. The third-order valence-electron chi connectivity index (χ3n) is 21.9. The van der Waals surface area contributed by atoms with Crippen molar-refractivity contribution in [3.05, 3.63) is 251 Å². The zero-order valence-electron chi connectivity index (χ0n) is 55.2. The fourth-order valence-electron chi connectivity index (χ4n) is 17.7. The van der Waals surface area contributed by atoms with Gasteiger partial charge in [-0.25, -0.2) is 0 Å². The van der Waals surface area contributed by atoms with Gasteiger partial charge in [-0.15, -0.1) is 0 Å². The lowest BCUT2D eigenvalue weighted by atomic mass is 9.30. The van der Waals surface area contributed by atoms with E-state index in [1.807, 2.05) is 0 Å². The number of nitrogens with zero attached hydrogens (tertiary/aromatic N) is 3. The molecule has 0 saturated carbocycles. The number of rotatable bonds is 3. The molecule has 6 aliphatic rings. The summed E-state index contributed by atoms with van der Waals surface area (Å²) in [6.07, 6.45) is 0. The first-order chi connectivity index (χ1) is 47.7. The topological polar surface area (TPSA) is 70.2 Å². The third kappa shape index (κ3) is 7.44. The molecule has 0 unspecified atom stereocenters. The van der Waals surface area contributed by atoms with Crippen molar-refractivity contribution in [3.8, 4) is 86.1 Å². The highest BCUT2D eigenvalue weighted by Crippen LogP contribution is 2.47. The molecular weight excluding hydrogens is 1200 g/mol. The van der Waals surface area contributed by atoms with Gasteiger partial charge in [0, 0.05) is 97.2 Å². The molecule has 6 aliphatic heterocycles. The van der Waals surface area contributed by atoms with E-state index in [-0.39, 0.29) is 20.1 Å². The molecule has 0 N–H and O–H groups in total. The van der Waals surface area contributed by atoms with Gasteiger partial charge in [0.05, 0.1) is 50.2 Å². The van der Waals surface area contributed by atoms with Crippen LogP contribution in [0.2, 0.25) is 0 Å². The van der Waals surface area contributed by atoms with Gasteiger partial charge in [0.2, 0.25) is 0 Å². The van der Waals surface area contributed by atoms with Gasteiger partial charge >= 0.3 is 0 Å². The summed E-state index contributed by atoms with van der Waals surface area (Å²) in [6.45, 7) is 16.5. The summed E-state index contributed by atoms with van der Waals surface area (Å²) < 4.78 is 51.3. The minimum absolute atomic E-state index is 0.241. The van der Waals surface area contributed by atoms with Gasteiger partial charge in [-0.2, -0.15) is 0 Å². The Bertz CT molecular complexity index is 5970. The molecule has 462 valence electrons. The Morgan fingerprint density at radius 2 is 0.398 bits per heavy atom. The molecule has 0 bridgehead atoms. The molecule has 0 atom stereocenters. The second-order valence-electron chi connectivity index (χ2n) is 28.5. The zero-order valence-corrected chi connectivity index (χ0v) is 55.2. The van der Waals surface area contributed by atoms with Crippen LogP contribution in [-0.4, -0.2) is 33.8 Å². The highest BCUT2D eigenvalue weighted by atomic mass is 16.5. The summed E-state index contributed by atoms with van der Waals surface area (Å²) in [5.41, 5.74) is 28.3. The van der Waals surface area contributed by atoms with Crippen LogP contribution in [0.1, 0.15) is 44.5 Å². The fourth-order valence-corrected chi connectivity index (χ4v) is 17.7. The van der Waals surface area contributed by atoms with E-state index in [4.69, 9.17) is 28.4 Å². The molecule has 9 heterocycles. The standard InChI is InChI=1S/C86H58B3N3O6/c1-43-9-17-66-54(25-43)55-26-44(2)10-18-67(55)90(66)51-33-78-84-80(35-51)95-74-41-76-64(39-62(74)87(84)60-31-49(7)15-23-72(60)93-78)89-65-40-63-75(42-77(65)98-83-38-53(37-82(97-76)86(83)89)92-70-21-13-47(5)29-58(70)59-30-48(6)14-22-71(59)92)96-81-36-52(34-79-85(81)88(63)61-32-50(8)16-24-73(61)94-79)91-68-19-11-45(3)27-56(68)57-28-46(4)12-20-69(57)91/h9-42H,1-8H3. The minimum atomic E-state index is -0.356. The van der Waals surface area contributed by atoms with Gasteiger partial charge < -0.3 is 42.1 Å². The predicted molar refractivity (Wildman–Crippen MR) is 400 cm³/mol. The Balaban J connectivity index is 0.767. The van der Waals surface area contributed by atoms with Crippen LogP contribution in [0.5, 0.6) is 69.0 Å². The first-order valence-electron chi connectivity index (χ1n) is 34.0. The van der Waals surface area contributed by atoms with E-state index in [1.165, 1.54) is 65.7 Å². The molecule has 0 radical (unpaired) electrons. The molecule has 0 amide bonds. The normalized spacial score (nSPS) is 13.7. The Morgan fingerprint density at radius 3 is 0.643 bits per heavy atom. The number of fused-ring (bicyclic) bond motifs is 21. The SMILES string of the molecule is Cc1ccc2c(c1)B1c3cc4c(cc3Oc3cc(-n5c6ccc(C)cc6c6cc(C)ccc65)cc(c31)O2)Oc1cc(-n2c3ccc(C)cc3c3cc(C)ccc32)cc2c1B4c1cc3c(cc1O2)Oc1cc(-n2c4ccc(C)cc4c4cc(C)ccc42)cc2c1B3c1cc(C)ccc1O2. The molecule has 0 spiro atoms. The Kier molecular flexibility index (Phi) is 10.6. The smallest absolute Gasteiger partial charge is 0.260 e. The first-order valence-corrected chi connectivity index (χ1v) is 34.0. The highest BCUT2D eigenvalue weighted by molar-refractivity contribution is 7.02. The van der Waals surface area contributed by atoms with E-state index in [0.29, 0.717) is 11.5 Å². The fraction of sp³-hybridized carbons (Fsp3) is 0.0930. The molecule has 0 aliphatic carbocycles. The van der Waals surface area contributed by atoms with Crippen molar-refractivity contribution < 1.29 is 28.4 Å². The maximum Gasteiger partial charge on any atom is 0.260 e. The summed E-state index contributed by atoms with van der Waals surface area (Å²) in [5.74, 6) is 9.01. The van der Waals surface area contributed by atoms with Crippen LogP contribution < -0.4 is 77.6 Å². The van der Waals surface area contributed by atoms with Crippen molar-refractivity contribution in [2.45, 2.75) is 55.4 Å². The molecule has 0 fully saturated rings. The van der Waals surface area contributed by atoms with Crippen LogP contribution in [0, 0.1) is 55.4 Å². The Morgan fingerprint density at radius 1 is 0.194 bits per heavy atom. The van der Waals surface area contributed by atoms with Crippen molar-refractivity contribution in [2.75, 3.05) is 0 Å². The minimum Gasteiger partial charge on any atom is -0.458 e. The first kappa shape index (κ1) is 54.5. The molecule has 12 heteroatoms. The summed E-state index contributed by atoms with van der Waals surface area (Å²) in [7, 11) is 0. The average molecular weight is 1260 g/mol. The van der Waals surface area contributed by atoms with Crippen LogP contribution in [0.3, 0.4) is 0 Å². The lowest BCUT2D eigenvalue weighted by Gasteiger charge is -2.38. The molecule has 98 heavy (non-hydrogen) atoms. The van der Waals surface area contributed by atoms with E-state index in [0.717, 1.165) is 168 Å². The van der Waals surface area contributed by atoms with E-state index >= 15 is 0 Å². The van der Waals surface area contributed by atoms with Crippen molar-refractivity contribution >= 4 is 135 Å². The van der Waals surface area contributed by atoms with Crippen molar-refractivity contribution in [1.82, 2.24) is 13.7 Å². The number of ether oxygens (including phenoxy) is 6. The van der Waals surface area contributed by atoms with Crippen LogP contribution in [0.15, 0.2) is 206 Å². The molecule has 13 aromatic carbocycles. The van der Waals surface area contributed by atoms with Crippen molar-refractivity contribution in [3.63, 3.8) is 0 Å². The lowest BCUT2D eigenvalue weighted by Crippen LogP contribution is -2.63. The Hall–Kier alpha value is -11.7. The van der Waals surface area contributed by atoms with Crippen LogP contribution in [0.4, 0.5) is 0 Å². The molecule has 0 saturated heterocycles. The zero-order chi connectivity index (χ0) is 65.2. The number of hydrogen-bond donors (Lipinski definition) is 0. The summed E-state index contributed by atoms with van der Waals surface area (Å²) >= 11 is 0. The maximum atomic E-state index is 7.54. The van der Waals surface area contributed by atoms with Crippen molar-refractivity contribution in [1.29, 1.82) is 0 Å². The second-order valence-corrected chi connectivity index (χ2v) is 28.5. The van der Waals surface area contributed by atoms with Gasteiger partial charge in [-0.3, -0.25) is 0 Å². The average Bonchev–Trinajstić information content (AvgIpc) is 0.889. The van der Waals surface area contributed by atoms with Gasteiger partial charge in [0.1, 0.15) is 69.0 Å². The maximum absolute atomic E-state index is 7.54. The van der Waals surface area contributed by atoms with Gasteiger partial charge in [0.15, 0.2) is 0 Å². The van der Waals surface area contributed by atoms with Crippen LogP contribution >= 0.6 is 0 Å². The van der Waals surface area contributed by atoms with E-state index in [1.54, 1.807) is 0 Å². The Labute approximate surface area is 565 Å². The molecule has 3 aromatic heterocycles. The third-order valence-corrected chi connectivity index (χ3v) is 21.9. The van der Waals surface area contributed by atoms with Gasteiger partial charge in [-0.05, 0) is 173 Å². The van der Waals surface area contributed by atoms with Gasteiger partial charge in [-0.1, -0.05) is 117 Å². The second kappa shape index (κ2) is 19.0. The largest absolute Gasteiger partial charge is 0.458 e. The van der Waals surface area contributed by atoms with E-state index < -0.39 is 0 Å². The number of aromatic nitrogens is 3.